The van der Waals surface area contributed by atoms with Crippen LogP contribution in [0.3, 0.4) is 0 Å². The summed E-state index contributed by atoms with van der Waals surface area (Å²) in [5, 5.41) is 13.3. The molecule has 0 saturated heterocycles. The third-order valence-electron chi connectivity index (χ3n) is 2.28. The number of aliphatic hydroxyl groups is 1. The van der Waals surface area contributed by atoms with Crippen LogP contribution in [0.15, 0.2) is 28.7 Å². The molecule has 0 aliphatic rings. The molecule has 0 spiro atoms. The van der Waals surface area contributed by atoms with Crippen molar-refractivity contribution in [2.75, 3.05) is 19.7 Å². The monoisotopic (exact) mass is 301 g/mol. The smallest absolute Gasteiger partial charge is 0.120 e. The highest BCUT2D eigenvalue weighted by atomic mass is 79.9. The van der Waals surface area contributed by atoms with E-state index in [0.29, 0.717) is 6.54 Å². The van der Waals surface area contributed by atoms with E-state index < -0.39 is 5.60 Å². The van der Waals surface area contributed by atoms with Gasteiger partial charge >= 0.3 is 0 Å². The van der Waals surface area contributed by atoms with Gasteiger partial charge in [-0.2, -0.15) is 0 Å². The molecule has 1 aromatic rings. The maximum Gasteiger partial charge on any atom is 0.120 e. The van der Waals surface area contributed by atoms with E-state index in [2.05, 4.69) is 28.2 Å². The predicted molar refractivity (Wildman–Crippen MR) is 73.4 cm³/mol. The van der Waals surface area contributed by atoms with Crippen molar-refractivity contribution in [3.63, 3.8) is 0 Å². The molecule has 0 aliphatic heterocycles. The van der Waals surface area contributed by atoms with Crippen molar-refractivity contribution in [3.05, 3.63) is 28.7 Å². The second-order valence-electron chi connectivity index (χ2n) is 4.42. The second-order valence-corrected chi connectivity index (χ2v) is 5.34. The van der Waals surface area contributed by atoms with Crippen LogP contribution in [0, 0.1) is 0 Å². The Labute approximate surface area is 111 Å². The van der Waals surface area contributed by atoms with E-state index in [9.17, 15) is 5.11 Å². The van der Waals surface area contributed by atoms with Gasteiger partial charge in [0.15, 0.2) is 0 Å². The van der Waals surface area contributed by atoms with E-state index in [1.54, 1.807) is 6.92 Å². The number of ether oxygens (including phenoxy) is 1. The molecule has 0 aliphatic carbocycles. The highest BCUT2D eigenvalue weighted by Gasteiger charge is 2.20. The zero-order chi connectivity index (χ0) is 12.7. The Balaban J connectivity index is 2.38. The molecule has 1 aromatic carbocycles. The number of hydrogen-bond acceptors (Lipinski definition) is 3. The van der Waals surface area contributed by atoms with E-state index in [-0.39, 0.29) is 6.61 Å². The average molecular weight is 302 g/mol. The molecule has 1 atom stereocenters. The third kappa shape index (κ3) is 6.05. The lowest BCUT2D eigenvalue weighted by Gasteiger charge is -2.23. The number of rotatable bonds is 7. The first kappa shape index (κ1) is 14.5. The number of benzene rings is 1. The molecule has 17 heavy (non-hydrogen) atoms. The Morgan fingerprint density at radius 1 is 1.47 bits per heavy atom. The SMILES string of the molecule is CCCNCC(C)(O)COc1cccc(Br)c1. The number of hydrogen-bond donors (Lipinski definition) is 2. The normalized spacial score (nSPS) is 14.4. The summed E-state index contributed by atoms with van der Waals surface area (Å²) in [4.78, 5) is 0. The van der Waals surface area contributed by atoms with Crippen molar-refractivity contribution in [2.45, 2.75) is 25.9 Å². The number of nitrogens with one attached hydrogen (secondary N) is 1. The van der Waals surface area contributed by atoms with Gasteiger partial charge in [0.25, 0.3) is 0 Å². The van der Waals surface area contributed by atoms with E-state index in [0.717, 1.165) is 23.2 Å². The van der Waals surface area contributed by atoms with E-state index in [4.69, 9.17) is 4.74 Å². The molecule has 2 N–H and O–H groups in total. The van der Waals surface area contributed by atoms with Gasteiger partial charge in [-0.05, 0) is 38.1 Å². The minimum atomic E-state index is -0.850. The van der Waals surface area contributed by atoms with Crippen LogP contribution >= 0.6 is 15.9 Å². The lowest BCUT2D eigenvalue weighted by Crippen LogP contribution is -2.43. The molecule has 0 aromatic heterocycles. The van der Waals surface area contributed by atoms with E-state index >= 15 is 0 Å². The van der Waals surface area contributed by atoms with Gasteiger partial charge in [0.05, 0.1) is 0 Å². The molecule has 3 nitrogen and oxygen atoms in total. The summed E-state index contributed by atoms with van der Waals surface area (Å²) in [6.45, 7) is 5.59. The zero-order valence-corrected chi connectivity index (χ0v) is 12.0. The Bertz CT molecular complexity index is 342. The second kappa shape index (κ2) is 6.99. The van der Waals surface area contributed by atoms with Crippen LogP contribution in [-0.4, -0.2) is 30.4 Å². The molecule has 0 fully saturated rings. The maximum absolute atomic E-state index is 10.1. The lowest BCUT2D eigenvalue weighted by molar-refractivity contribution is 0.0124. The molecule has 1 unspecified atom stereocenters. The fraction of sp³-hybridized carbons (Fsp3) is 0.538. The summed E-state index contributed by atoms with van der Waals surface area (Å²) in [5.74, 6) is 0.759. The van der Waals surface area contributed by atoms with Gasteiger partial charge in [-0.3, -0.25) is 0 Å². The number of halogens is 1. The predicted octanol–water partition coefficient (Wildman–Crippen LogP) is 2.58. The summed E-state index contributed by atoms with van der Waals surface area (Å²) in [5.41, 5.74) is -0.850. The van der Waals surface area contributed by atoms with Crippen molar-refractivity contribution < 1.29 is 9.84 Å². The molecule has 0 radical (unpaired) electrons. The summed E-state index contributed by atoms with van der Waals surface area (Å²) < 4.78 is 6.53. The zero-order valence-electron chi connectivity index (χ0n) is 10.4. The molecule has 0 amide bonds. The van der Waals surface area contributed by atoms with E-state index in [1.807, 2.05) is 24.3 Å². The van der Waals surface area contributed by atoms with Crippen LogP contribution in [0.2, 0.25) is 0 Å². The van der Waals surface area contributed by atoms with Gasteiger partial charge in [-0.15, -0.1) is 0 Å². The topological polar surface area (TPSA) is 41.5 Å². The van der Waals surface area contributed by atoms with Crippen molar-refractivity contribution in [1.29, 1.82) is 0 Å². The van der Waals surface area contributed by atoms with Crippen LogP contribution in [-0.2, 0) is 0 Å². The van der Waals surface area contributed by atoms with Crippen LogP contribution < -0.4 is 10.1 Å². The fourth-order valence-electron chi connectivity index (χ4n) is 1.38. The Morgan fingerprint density at radius 3 is 2.88 bits per heavy atom. The summed E-state index contributed by atoms with van der Waals surface area (Å²) >= 11 is 3.38. The third-order valence-corrected chi connectivity index (χ3v) is 2.77. The Morgan fingerprint density at radius 2 is 2.24 bits per heavy atom. The largest absolute Gasteiger partial charge is 0.491 e. The quantitative estimate of drug-likeness (QED) is 0.761. The fourth-order valence-corrected chi connectivity index (χ4v) is 1.76. The van der Waals surface area contributed by atoms with E-state index in [1.165, 1.54) is 0 Å². The van der Waals surface area contributed by atoms with Crippen LogP contribution in [0.1, 0.15) is 20.3 Å². The summed E-state index contributed by atoms with van der Waals surface area (Å²) in [7, 11) is 0. The molecule has 96 valence electrons. The first-order valence-corrected chi connectivity index (χ1v) is 6.64. The van der Waals surface area contributed by atoms with Gasteiger partial charge in [-0.25, -0.2) is 0 Å². The highest BCUT2D eigenvalue weighted by molar-refractivity contribution is 9.10. The van der Waals surface area contributed by atoms with Gasteiger partial charge in [0.1, 0.15) is 18.0 Å². The van der Waals surface area contributed by atoms with Crippen LogP contribution in [0.25, 0.3) is 0 Å². The average Bonchev–Trinajstić information content (AvgIpc) is 2.27. The van der Waals surface area contributed by atoms with Crippen molar-refractivity contribution in [1.82, 2.24) is 5.32 Å². The minimum absolute atomic E-state index is 0.278. The van der Waals surface area contributed by atoms with Crippen molar-refractivity contribution >= 4 is 15.9 Å². The minimum Gasteiger partial charge on any atom is -0.491 e. The first-order chi connectivity index (χ1) is 8.03. The maximum atomic E-state index is 10.1. The molecule has 0 bridgehead atoms. The van der Waals surface area contributed by atoms with Gasteiger partial charge in [-0.1, -0.05) is 28.9 Å². The van der Waals surface area contributed by atoms with Crippen LogP contribution in [0.5, 0.6) is 5.75 Å². The standard InChI is InChI=1S/C13H20BrNO2/c1-3-7-15-9-13(2,16)10-17-12-6-4-5-11(14)8-12/h4-6,8,15-16H,3,7,9-10H2,1-2H3. The van der Waals surface area contributed by atoms with Gasteiger partial charge in [0, 0.05) is 11.0 Å². The van der Waals surface area contributed by atoms with Crippen LogP contribution in [0.4, 0.5) is 0 Å². The first-order valence-electron chi connectivity index (χ1n) is 5.85. The molecule has 1 rings (SSSR count). The molecular formula is C13H20BrNO2. The molecule has 0 saturated carbocycles. The lowest BCUT2D eigenvalue weighted by atomic mass is 10.1. The van der Waals surface area contributed by atoms with Crippen molar-refractivity contribution in [2.24, 2.45) is 0 Å². The van der Waals surface area contributed by atoms with Gasteiger partial charge in [0.2, 0.25) is 0 Å². The molecule has 0 heterocycles. The highest BCUT2D eigenvalue weighted by Crippen LogP contribution is 2.18. The summed E-state index contributed by atoms with van der Waals surface area (Å²) in [6, 6.07) is 7.60. The molecular weight excluding hydrogens is 282 g/mol. The summed E-state index contributed by atoms with van der Waals surface area (Å²) in [6.07, 6.45) is 1.06. The molecule has 4 heteroatoms. The van der Waals surface area contributed by atoms with Crippen molar-refractivity contribution in [3.8, 4) is 5.75 Å². The Hall–Kier alpha value is -0.580. The Kier molecular flexibility index (Phi) is 5.95. The van der Waals surface area contributed by atoms with Gasteiger partial charge < -0.3 is 15.2 Å².